The Hall–Kier alpha value is -4.35. The zero-order valence-corrected chi connectivity index (χ0v) is 23.1. The molecule has 2 N–H and O–H groups in total. The van der Waals surface area contributed by atoms with Gasteiger partial charge in [0.25, 0.3) is 5.91 Å². The van der Waals surface area contributed by atoms with Crippen LogP contribution >= 0.6 is 0 Å². The van der Waals surface area contributed by atoms with E-state index in [1.807, 2.05) is 0 Å². The van der Waals surface area contributed by atoms with Gasteiger partial charge in [-0.05, 0) is 66.3 Å². The van der Waals surface area contributed by atoms with E-state index in [0.29, 0.717) is 11.6 Å². The zero-order chi connectivity index (χ0) is 31.0. The maximum atomic E-state index is 14.9. The van der Waals surface area contributed by atoms with E-state index in [1.54, 1.807) is 30.3 Å². The highest BCUT2D eigenvalue weighted by Crippen LogP contribution is 2.39. The van der Waals surface area contributed by atoms with Crippen LogP contribution in [0.2, 0.25) is 0 Å². The van der Waals surface area contributed by atoms with Crippen molar-refractivity contribution in [2.75, 3.05) is 6.61 Å². The molecule has 1 aliphatic carbocycles. The van der Waals surface area contributed by atoms with Crippen molar-refractivity contribution in [3.8, 4) is 5.75 Å². The maximum Gasteiger partial charge on any atom is 0.416 e. The van der Waals surface area contributed by atoms with Gasteiger partial charge in [-0.2, -0.15) is 13.2 Å². The predicted molar refractivity (Wildman–Crippen MR) is 148 cm³/mol. The van der Waals surface area contributed by atoms with Gasteiger partial charge in [0.15, 0.2) is 11.6 Å². The van der Waals surface area contributed by atoms with Gasteiger partial charge in [0.1, 0.15) is 5.82 Å². The molecule has 0 unspecified atom stereocenters. The van der Waals surface area contributed by atoms with Gasteiger partial charge in [-0.1, -0.05) is 49.2 Å². The fraction of sp³-hybridized carbons (Fsp3) is 0.355. The number of amides is 3. The molecule has 3 aromatic rings. The van der Waals surface area contributed by atoms with Crippen molar-refractivity contribution < 1.29 is 36.3 Å². The largest absolute Gasteiger partial charge is 0.490 e. The number of ether oxygens (including phenoxy) is 1. The molecule has 1 aliphatic rings. The van der Waals surface area contributed by atoms with Gasteiger partial charge in [-0.3, -0.25) is 4.79 Å². The minimum absolute atomic E-state index is 0.0459. The monoisotopic (exact) mass is 603 g/mol. The van der Waals surface area contributed by atoms with Crippen LogP contribution in [0, 0.1) is 16.5 Å². The zero-order valence-electron chi connectivity index (χ0n) is 23.1. The number of rotatable bonds is 11. The average molecular weight is 604 g/mol. The highest BCUT2D eigenvalue weighted by Gasteiger charge is 2.40. The Balaban J connectivity index is 1.85. The number of carbonyl (C=O) groups excluding carboxylic acids is 2. The fourth-order valence-electron chi connectivity index (χ4n) is 5.28. The van der Waals surface area contributed by atoms with Gasteiger partial charge < -0.3 is 15.4 Å². The summed E-state index contributed by atoms with van der Waals surface area (Å²) in [6, 6.07) is 13.3. The van der Waals surface area contributed by atoms with Crippen LogP contribution in [-0.4, -0.2) is 24.6 Å². The van der Waals surface area contributed by atoms with E-state index in [-0.39, 0.29) is 48.8 Å². The summed E-state index contributed by atoms with van der Waals surface area (Å²) in [5.74, 6) is -3.20. The second-order valence-electron chi connectivity index (χ2n) is 10.5. The van der Waals surface area contributed by atoms with Gasteiger partial charge in [-0.25, -0.2) is 13.6 Å². The maximum absolute atomic E-state index is 14.9. The van der Waals surface area contributed by atoms with Crippen LogP contribution in [0.5, 0.6) is 5.75 Å². The molecule has 0 aliphatic heterocycles. The van der Waals surface area contributed by atoms with Crippen molar-refractivity contribution in [1.29, 1.82) is 0 Å². The lowest BCUT2D eigenvalue weighted by Gasteiger charge is -2.37. The summed E-state index contributed by atoms with van der Waals surface area (Å²) >= 11 is 0. The summed E-state index contributed by atoms with van der Waals surface area (Å²) in [7, 11) is 0. The predicted octanol–water partition coefficient (Wildman–Crippen LogP) is 7.16. The van der Waals surface area contributed by atoms with Crippen LogP contribution in [0.4, 0.5) is 26.7 Å². The number of urea groups is 1. The molecule has 0 bridgehead atoms. The molecule has 12 heteroatoms. The van der Waals surface area contributed by atoms with Gasteiger partial charge in [0.05, 0.1) is 17.7 Å². The first-order chi connectivity index (χ1) is 20.5. The molecule has 0 radical (unpaired) electrons. The van der Waals surface area contributed by atoms with Crippen molar-refractivity contribution in [3.63, 3.8) is 0 Å². The summed E-state index contributed by atoms with van der Waals surface area (Å²) < 4.78 is 76.9. The second kappa shape index (κ2) is 13.7. The van der Waals surface area contributed by atoms with Crippen molar-refractivity contribution >= 4 is 11.9 Å². The van der Waals surface area contributed by atoms with Gasteiger partial charge in [-0.15, -0.1) is 4.91 Å². The van der Waals surface area contributed by atoms with Crippen molar-refractivity contribution in [2.45, 2.75) is 62.7 Å². The summed E-state index contributed by atoms with van der Waals surface area (Å²) in [5.41, 5.74) is -2.59. The van der Waals surface area contributed by atoms with Gasteiger partial charge >= 0.3 is 12.2 Å². The van der Waals surface area contributed by atoms with E-state index in [4.69, 9.17) is 4.74 Å². The summed E-state index contributed by atoms with van der Waals surface area (Å²) in [4.78, 5) is 35.0. The van der Waals surface area contributed by atoms with Crippen LogP contribution in [-0.2, 0) is 22.9 Å². The molecule has 0 saturated heterocycles. The number of nitrogens with zero attached hydrogens (tertiary/aromatic N) is 1. The van der Waals surface area contributed by atoms with Crippen LogP contribution in [0.1, 0.15) is 60.8 Å². The van der Waals surface area contributed by atoms with Crippen molar-refractivity contribution in [1.82, 2.24) is 10.6 Å². The number of nitrogens with one attached hydrogen (secondary N) is 2. The van der Waals surface area contributed by atoms with Crippen LogP contribution < -0.4 is 15.4 Å². The number of alkyl halides is 3. The quantitative estimate of drug-likeness (QED) is 0.138. The molecule has 43 heavy (non-hydrogen) atoms. The van der Waals surface area contributed by atoms with E-state index in [0.717, 1.165) is 43.9 Å². The second-order valence-corrected chi connectivity index (χ2v) is 10.5. The highest BCUT2D eigenvalue weighted by molar-refractivity contribution is 5.77. The third-order valence-corrected chi connectivity index (χ3v) is 7.37. The minimum atomic E-state index is -4.90. The third-order valence-electron chi connectivity index (χ3n) is 7.37. The van der Waals surface area contributed by atoms with Crippen LogP contribution in [0.25, 0.3) is 0 Å². The molecule has 0 spiro atoms. The molecule has 1 atom stereocenters. The van der Waals surface area contributed by atoms with E-state index >= 15 is 0 Å². The van der Waals surface area contributed by atoms with E-state index in [2.05, 4.69) is 15.8 Å². The molecule has 0 heterocycles. The number of halogens is 5. The highest BCUT2D eigenvalue weighted by atomic mass is 19.4. The first-order valence-electron chi connectivity index (χ1n) is 13.8. The molecule has 228 valence electrons. The van der Waals surface area contributed by atoms with Crippen molar-refractivity contribution in [3.05, 3.63) is 106 Å². The number of benzene rings is 3. The Morgan fingerprint density at radius 3 is 2.28 bits per heavy atom. The minimum Gasteiger partial charge on any atom is -0.490 e. The molecule has 3 amide bonds. The topological polar surface area (TPSA) is 96.9 Å². The lowest BCUT2D eigenvalue weighted by Crippen LogP contribution is -2.53. The Morgan fingerprint density at radius 2 is 1.60 bits per heavy atom. The lowest BCUT2D eigenvalue weighted by molar-refractivity contribution is -0.137. The smallest absolute Gasteiger partial charge is 0.416 e. The normalized spacial score (nSPS) is 15.0. The first-order valence-corrected chi connectivity index (χ1v) is 13.8. The number of nitroso groups, excluding NO2 is 1. The summed E-state index contributed by atoms with van der Waals surface area (Å²) in [6.07, 6.45) is -1.93. The molecule has 1 saturated carbocycles. The molecular formula is C31H30F5N3O4. The molecule has 7 nitrogen and oxygen atoms in total. The summed E-state index contributed by atoms with van der Waals surface area (Å²) in [6.45, 7) is -0.179. The molecule has 0 aromatic heterocycles. The van der Waals surface area contributed by atoms with E-state index < -0.39 is 40.9 Å². The molecular weight excluding hydrogens is 573 g/mol. The number of hydrogen-bond donors (Lipinski definition) is 2. The van der Waals surface area contributed by atoms with E-state index in [9.17, 15) is 36.4 Å². The van der Waals surface area contributed by atoms with Gasteiger partial charge in [0.2, 0.25) is 0 Å². The Morgan fingerprint density at radius 1 is 0.907 bits per heavy atom. The average Bonchev–Trinajstić information content (AvgIpc) is 3.48. The molecule has 3 aromatic carbocycles. The van der Waals surface area contributed by atoms with Crippen molar-refractivity contribution in [2.24, 2.45) is 5.18 Å². The third kappa shape index (κ3) is 8.14. The Bertz CT molecular complexity index is 1450. The van der Waals surface area contributed by atoms with Gasteiger partial charge in [0, 0.05) is 24.1 Å². The van der Waals surface area contributed by atoms with E-state index in [1.165, 1.54) is 12.1 Å². The number of carbonyl (C=O) groups is 2. The van der Waals surface area contributed by atoms with Crippen LogP contribution in [0.3, 0.4) is 0 Å². The van der Waals surface area contributed by atoms with Crippen LogP contribution in [0.15, 0.2) is 71.9 Å². The molecule has 4 rings (SSSR count). The summed E-state index contributed by atoms with van der Waals surface area (Å²) in [5, 5.41) is 7.98. The Labute approximate surface area is 244 Å². The SMILES string of the molecule is O=NC(=O)CCCOc1cc([C@@](Cc2ccccc2)(NC(=O)NC2CCCC2)c2cc(F)cc(C(F)(F)F)c2)ccc1F. The molecule has 1 fully saturated rings. The number of hydrogen-bond acceptors (Lipinski definition) is 4. The fourth-order valence-corrected chi connectivity index (χ4v) is 5.28. The lowest BCUT2D eigenvalue weighted by atomic mass is 9.77. The standard InChI is InChI=1S/C31H30F5N3O4/c32-24-16-22(15-23(17-24)31(34,35)36)30(19-20-7-2-1-3-8-20,38-29(41)37-25-9-4-5-10-25)21-12-13-26(33)27(18-21)43-14-6-11-28(40)39-42/h1-3,7-8,12-13,15-18,25H,4-6,9-11,14,19H2,(H2,37,38,41)/t30-/m1/s1. The first kappa shape index (κ1) is 31.6. The Kier molecular flexibility index (Phi) is 10.1.